The molecule has 1 N–H and O–H groups in total. The predicted octanol–water partition coefficient (Wildman–Crippen LogP) is 4.83. The van der Waals surface area contributed by atoms with Crippen LogP contribution in [0.15, 0.2) is 23.8 Å². The molecule has 0 amide bonds. The van der Waals surface area contributed by atoms with Gasteiger partial charge in [0.25, 0.3) is 0 Å². The quantitative estimate of drug-likeness (QED) is 0.822. The molecule has 20 heavy (non-hydrogen) atoms. The summed E-state index contributed by atoms with van der Waals surface area (Å²) < 4.78 is 38.2. The number of alkyl halides is 3. The number of aryl methyl sites for hydroxylation is 1. The molecule has 0 bridgehead atoms. The van der Waals surface area contributed by atoms with E-state index >= 15 is 0 Å². The number of rotatable bonds is 5. The van der Waals surface area contributed by atoms with Crippen LogP contribution in [-0.2, 0) is 6.18 Å². The molecule has 1 rings (SSSR count). The molecule has 0 spiro atoms. The fourth-order valence-corrected chi connectivity index (χ4v) is 2.28. The molecule has 0 radical (unpaired) electrons. The zero-order valence-electron chi connectivity index (χ0n) is 12.1. The van der Waals surface area contributed by atoms with Crippen molar-refractivity contribution in [3.63, 3.8) is 0 Å². The molecule has 0 saturated heterocycles. The Kier molecular flexibility index (Phi) is 5.81. The lowest BCUT2D eigenvalue weighted by atomic mass is 9.91. The normalized spacial score (nSPS) is 13.1. The van der Waals surface area contributed by atoms with Gasteiger partial charge >= 0.3 is 6.18 Å². The van der Waals surface area contributed by atoms with Crippen LogP contribution in [0.5, 0.6) is 0 Å². The van der Waals surface area contributed by atoms with Crippen molar-refractivity contribution >= 4 is 6.08 Å². The average molecular weight is 286 g/mol. The van der Waals surface area contributed by atoms with Gasteiger partial charge in [-0.3, -0.25) is 0 Å². The van der Waals surface area contributed by atoms with Crippen LogP contribution < -0.4 is 0 Å². The molecule has 1 nitrogen and oxygen atoms in total. The summed E-state index contributed by atoms with van der Waals surface area (Å²) in [6.45, 7) is 5.67. The third kappa shape index (κ3) is 4.10. The van der Waals surface area contributed by atoms with E-state index in [4.69, 9.17) is 0 Å². The lowest BCUT2D eigenvalue weighted by Gasteiger charge is -2.16. The topological polar surface area (TPSA) is 20.2 Å². The minimum absolute atomic E-state index is 0.123. The fourth-order valence-electron chi connectivity index (χ4n) is 2.28. The van der Waals surface area contributed by atoms with Crippen LogP contribution in [0.1, 0.15) is 43.4 Å². The molecule has 112 valence electrons. The summed E-state index contributed by atoms with van der Waals surface area (Å²) in [5, 5.41) is 9.45. The third-order valence-electron chi connectivity index (χ3n) is 3.64. The predicted molar refractivity (Wildman–Crippen MR) is 75.3 cm³/mol. The van der Waals surface area contributed by atoms with Gasteiger partial charge in [0.05, 0.1) is 12.2 Å². The van der Waals surface area contributed by atoms with Crippen LogP contribution in [0.4, 0.5) is 13.2 Å². The first-order chi connectivity index (χ1) is 9.33. The molecule has 0 saturated carbocycles. The Morgan fingerprint density at radius 3 is 2.30 bits per heavy atom. The fraction of sp³-hybridized carbons (Fsp3) is 0.500. The highest BCUT2D eigenvalue weighted by Gasteiger charge is 2.30. The van der Waals surface area contributed by atoms with Crippen LogP contribution in [0.25, 0.3) is 6.08 Å². The van der Waals surface area contributed by atoms with E-state index in [1.807, 2.05) is 13.8 Å². The van der Waals surface area contributed by atoms with Crippen molar-refractivity contribution in [1.82, 2.24) is 0 Å². The van der Waals surface area contributed by atoms with E-state index in [9.17, 15) is 18.3 Å². The maximum Gasteiger partial charge on any atom is 0.416 e. The Labute approximate surface area is 118 Å². The van der Waals surface area contributed by atoms with Gasteiger partial charge in [-0.2, -0.15) is 13.2 Å². The maximum atomic E-state index is 12.7. The number of aliphatic hydroxyl groups excluding tert-OH is 1. The van der Waals surface area contributed by atoms with Crippen LogP contribution in [0.3, 0.4) is 0 Å². The Balaban J connectivity index is 3.24. The molecule has 0 aliphatic heterocycles. The average Bonchev–Trinajstić information content (AvgIpc) is 2.39. The summed E-state index contributed by atoms with van der Waals surface area (Å²) in [4.78, 5) is 0. The van der Waals surface area contributed by atoms with Gasteiger partial charge in [-0.1, -0.05) is 26.0 Å². The van der Waals surface area contributed by atoms with Crippen molar-refractivity contribution in [1.29, 1.82) is 0 Å². The van der Waals surface area contributed by atoms with Gasteiger partial charge < -0.3 is 5.11 Å². The van der Waals surface area contributed by atoms with Gasteiger partial charge in [0, 0.05) is 0 Å². The second-order valence-electron chi connectivity index (χ2n) is 4.96. The van der Waals surface area contributed by atoms with Gasteiger partial charge in [0.15, 0.2) is 0 Å². The summed E-state index contributed by atoms with van der Waals surface area (Å²) in [5.74, 6) is 0.203. The smallest absolute Gasteiger partial charge is 0.392 e. The molecule has 0 aliphatic carbocycles. The molecule has 0 aliphatic rings. The van der Waals surface area contributed by atoms with Crippen molar-refractivity contribution in [3.05, 3.63) is 40.5 Å². The van der Waals surface area contributed by atoms with E-state index < -0.39 is 11.7 Å². The minimum Gasteiger partial charge on any atom is -0.392 e. The molecule has 1 aromatic carbocycles. The molecular formula is C16H21F3O. The Morgan fingerprint density at radius 1 is 1.25 bits per heavy atom. The molecule has 1 aromatic rings. The molecule has 4 heteroatoms. The van der Waals surface area contributed by atoms with Crippen LogP contribution in [0, 0.1) is 12.8 Å². The van der Waals surface area contributed by atoms with Crippen molar-refractivity contribution in [2.45, 2.75) is 39.8 Å². The molecule has 0 aromatic heterocycles. The molecule has 0 atom stereocenters. The maximum absolute atomic E-state index is 12.7. The lowest BCUT2D eigenvalue weighted by molar-refractivity contribution is -0.137. The van der Waals surface area contributed by atoms with Crippen LogP contribution in [0.2, 0.25) is 0 Å². The molecule has 0 fully saturated rings. The Bertz CT molecular complexity index is 471. The number of hydrogen-bond donors (Lipinski definition) is 1. The monoisotopic (exact) mass is 286 g/mol. The first kappa shape index (κ1) is 16.8. The zero-order chi connectivity index (χ0) is 15.3. The van der Waals surface area contributed by atoms with Crippen LogP contribution >= 0.6 is 0 Å². The SMILES string of the molecule is CCC(CC)/C(=C\c1cc(C(F)(F)F)ccc1C)CO. The second kappa shape index (κ2) is 6.93. The zero-order valence-corrected chi connectivity index (χ0v) is 12.1. The van der Waals surface area contributed by atoms with E-state index in [0.717, 1.165) is 36.1 Å². The highest BCUT2D eigenvalue weighted by atomic mass is 19.4. The minimum atomic E-state index is -4.34. The Hall–Kier alpha value is -1.29. The molecule has 0 unspecified atom stereocenters. The first-order valence-electron chi connectivity index (χ1n) is 6.82. The number of benzene rings is 1. The van der Waals surface area contributed by atoms with Gasteiger partial charge in [0.1, 0.15) is 0 Å². The first-order valence-corrected chi connectivity index (χ1v) is 6.82. The van der Waals surface area contributed by atoms with Crippen molar-refractivity contribution in [2.75, 3.05) is 6.61 Å². The summed E-state index contributed by atoms with van der Waals surface area (Å²) in [6.07, 6.45) is -0.922. The highest BCUT2D eigenvalue weighted by Crippen LogP contribution is 2.31. The number of hydrogen-bond acceptors (Lipinski definition) is 1. The lowest BCUT2D eigenvalue weighted by Crippen LogP contribution is -2.07. The van der Waals surface area contributed by atoms with E-state index in [-0.39, 0.29) is 12.5 Å². The van der Waals surface area contributed by atoms with Gasteiger partial charge in [-0.25, -0.2) is 0 Å². The third-order valence-corrected chi connectivity index (χ3v) is 3.64. The van der Waals surface area contributed by atoms with E-state index in [1.54, 1.807) is 13.0 Å². The standard InChI is InChI=1S/C16H21F3O/c1-4-12(5-2)14(10-20)8-13-9-15(16(17,18)19)7-6-11(13)3/h6-9,12,20H,4-5,10H2,1-3H3/b14-8-. The van der Waals surface area contributed by atoms with Gasteiger partial charge in [-0.15, -0.1) is 0 Å². The van der Waals surface area contributed by atoms with E-state index in [0.29, 0.717) is 5.56 Å². The van der Waals surface area contributed by atoms with Gasteiger partial charge in [-0.05, 0) is 54.5 Å². The second-order valence-corrected chi connectivity index (χ2v) is 4.96. The Morgan fingerprint density at radius 2 is 1.85 bits per heavy atom. The van der Waals surface area contributed by atoms with Crippen LogP contribution in [-0.4, -0.2) is 11.7 Å². The van der Waals surface area contributed by atoms with Crippen molar-refractivity contribution < 1.29 is 18.3 Å². The summed E-state index contributed by atoms with van der Waals surface area (Å²) >= 11 is 0. The highest BCUT2D eigenvalue weighted by molar-refractivity contribution is 5.58. The van der Waals surface area contributed by atoms with Crippen molar-refractivity contribution in [2.24, 2.45) is 5.92 Å². The molecule has 0 heterocycles. The largest absolute Gasteiger partial charge is 0.416 e. The molecular weight excluding hydrogens is 265 g/mol. The van der Waals surface area contributed by atoms with E-state index in [1.165, 1.54) is 6.07 Å². The van der Waals surface area contributed by atoms with E-state index in [2.05, 4.69) is 0 Å². The summed E-state index contributed by atoms with van der Waals surface area (Å²) in [5.41, 5.74) is 1.43. The van der Waals surface area contributed by atoms with Crippen molar-refractivity contribution in [3.8, 4) is 0 Å². The van der Waals surface area contributed by atoms with Gasteiger partial charge in [0.2, 0.25) is 0 Å². The number of halogens is 3. The number of aliphatic hydroxyl groups is 1. The summed E-state index contributed by atoms with van der Waals surface area (Å²) in [6, 6.07) is 3.70. The summed E-state index contributed by atoms with van der Waals surface area (Å²) in [7, 11) is 0.